The molecule has 0 aromatic carbocycles. The molecule has 1 aliphatic rings. The Morgan fingerprint density at radius 2 is 1.74 bits per heavy atom. The standard InChI is InChI=1S/C25H30F3N5O2/c1-15-19(25(34)35)14-20-17(18-6-5-8-29-24(18)30(3)4)7-9-33(20)21(15)16(2)31-10-12-32(13-11-31)23(28)22(26)27/h5-9,14,16,22-23H,10-13H2,1-4H3,(H,34,35). The number of hydrogen-bond donors (Lipinski definition) is 1. The molecule has 1 N–H and O–H groups in total. The molecule has 10 heteroatoms. The van der Waals surface area contributed by atoms with Gasteiger partial charge < -0.3 is 14.4 Å². The van der Waals surface area contributed by atoms with Crippen LogP contribution >= 0.6 is 0 Å². The number of fused-ring (bicyclic) bond motifs is 1. The van der Waals surface area contributed by atoms with Gasteiger partial charge in [-0.3, -0.25) is 9.80 Å². The molecule has 1 fully saturated rings. The summed E-state index contributed by atoms with van der Waals surface area (Å²) < 4.78 is 41.4. The molecule has 4 rings (SSSR count). The number of carboxylic acid groups (broad SMARTS) is 1. The van der Waals surface area contributed by atoms with Gasteiger partial charge in [0.25, 0.3) is 6.43 Å². The van der Waals surface area contributed by atoms with E-state index in [9.17, 15) is 23.1 Å². The number of anilines is 1. The molecule has 0 spiro atoms. The zero-order valence-electron chi connectivity index (χ0n) is 20.3. The molecule has 0 amide bonds. The van der Waals surface area contributed by atoms with Crippen LogP contribution in [0.25, 0.3) is 16.6 Å². The highest BCUT2D eigenvalue weighted by Crippen LogP contribution is 2.36. The molecule has 3 aromatic heterocycles. The van der Waals surface area contributed by atoms with Gasteiger partial charge in [0.1, 0.15) is 5.82 Å². The fourth-order valence-electron chi connectivity index (χ4n) is 5.00. The van der Waals surface area contributed by atoms with E-state index in [0.29, 0.717) is 18.7 Å². The van der Waals surface area contributed by atoms with E-state index in [0.717, 1.165) is 33.1 Å². The Morgan fingerprint density at radius 1 is 1.09 bits per heavy atom. The molecule has 3 aromatic rings. The number of nitrogens with zero attached hydrogens (tertiary/aromatic N) is 5. The van der Waals surface area contributed by atoms with Crippen LogP contribution in [0.3, 0.4) is 0 Å². The molecular formula is C25H30F3N5O2. The van der Waals surface area contributed by atoms with Gasteiger partial charge in [0.15, 0.2) is 0 Å². The summed E-state index contributed by atoms with van der Waals surface area (Å²) in [6.07, 6.45) is -1.67. The Kier molecular flexibility index (Phi) is 7.05. The van der Waals surface area contributed by atoms with Gasteiger partial charge in [-0.25, -0.2) is 22.9 Å². The number of alkyl halides is 3. The highest BCUT2D eigenvalue weighted by atomic mass is 19.3. The van der Waals surface area contributed by atoms with E-state index in [1.165, 1.54) is 0 Å². The Labute approximate surface area is 202 Å². The summed E-state index contributed by atoms with van der Waals surface area (Å²) in [5.74, 6) is -0.254. The molecule has 0 aliphatic carbocycles. The van der Waals surface area contributed by atoms with Crippen LogP contribution in [0.4, 0.5) is 19.0 Å². The zero-order chi connectivity index (χ0) is 25.4. The van der Waals surface area contributed by atoms with E-state index < -0.39 is 18.7 Å². The van der Waals surface area contributed by atoms with Gasteiger partial charge in [-0.1, -0.05) is 0 Å². The van der Waals surface area contributed by atoms with Crippen LogP contribution in [-0.4, -0.2) is 83.3 Å². The largest absolute Gasteiger partial charge is 0.478 e. The summed E-state index contributed by atoms with van der Waals surface area (Å²) in [6.45, 7) is 4.90. The fourth-order valence-corrected chi connectivity index (χ4v) is 5.00. The lowest BCUT2D eigenvalue weighted by atomic mass is 9.99. The van der Waals surface area contributed by atoms with E-state index in [-0.39, 0.29) is 24.7 Å². The molecule has 2 unspecified atom stereocenters. The minimum absolute atomic E-state index is 0.176. The van der Waals surface area contributed by atoms with Gasteiger partial charge in [0, 0.05) is 75.5 Å². The van der Waals surface area contributed by atoms with Gasteiger partial charge in [0.05, 0.1) is 11.1 Å². The highest BCUT2D eigenvalue weighted by Gasteiger charge is 2.33. The lowest BCUT2D eigenvalue weighted by Gasteiger charge is -2.39. The number of hydrogen-bond acceptors (Lipinski definition) is 5. The third-order valence-corrected chi connectivity index (χ3v) is 6.83. The van der Waals surface area contributed by atoms with Crippen molar-refractivity contribution in [1.29, 1.82) is 0 Å². The van der Waals surface area contributed by atoms with Crippen LogP contribution in [-0.2, 0) is 0 Å². The van der Waals surface area contributed by atoms with Crippen molar-refractivity contribution in [3.8, 4) is 11.1 Å². The number of carboxylic acids is 1. The monoisotopic (exact) mass is 489 g/mol. The quantitative estimate of drug-likeness (QED) is 0.499. The molecule has 0 bridgehead atoms. The van der Waals surface area contributed by atoms with Crippen molar-refractivity contribution in [2.45, 2.75) is 32.6 Å². The molecule has 0 radical (unpaired) electrons. The van der Waals surface area contributed by atoms with E-state index >= 15 is 0 Å². The summed E-state index contributed by atoms with van der Waals surface area (Å²) in [6, 6.07) is 7.22. The van der Waals surface area contributed by atoms with Crippen molar-refractivity contribution >= 4 is 17.3 Å². The van der Waals surface area contributed by atoms with Crippen molar-refractivity contribution < 1.29 is 23.1 Å². The second-order valence-corrected chi connectivity index (χ2v) is 9.08. The number of halogens is 3. The minimum Gasteiger partial charge on any atom is -0.478 e. The van der Waals surface area contributed by atoms with Gasteiger partial charge in [-0.05, 0) is 43.7 Å². The third-order valence-electron chi connectivity index (χ3n) is 6.83. The van der Waals surface area contributed by atoms with Gasteiger partial charge in [-0.15, -0.1) is 0 Å². The molecule has 1 saturated heterocycles. The van der Waals surface area contributed by atoms with Crippen LogP contribution in [0, 0.1) is 6.92 Å². The average Bonchev–Trinajstić information content (AvgIpc) is 3.26. The maximum absolute atomic E-state index is 13.8. The second kappa shape index (κ2) is 9.87. The second-order valence-electron chi connectivity index (χ2n) is 9.08. The normalized spacial score (nSPS) is 17.1. The predicted octanol–water partition coefficient (Wildman–Crippen LogP) is 4.31. The molecule has 4 heterocycles. The lowest BCUT2D eigenvalue weighted by molar-refractivity contribution is -0.0688. The van der Waals surface area contributed by atoms with Crippen LogP contribution in [0.15, 0.2) is 36.7 Å². The van der Waals surface area contributed by atoms with Gasteiger partial charge in [-0.2, -0.15) is 0 Å². The van der Waals surface area contributed by atoms with Crippen LogP contribution in [0.5, 0.6) is 0 Å². The first kappa shape index (κ1) is 25.0. The first-order valence-corrected chi connectivity index (χ1v) is 11.5. The number of aromatic nitrogens is 2. The zero-order valence-corrected chi connectivity index (χ0v) is 20.3. The highest BCUT2D eigenvalue weighted by molar-refractivity contribution is 5.95. The van der Waals surface area contributed by atoms with Gasteiger partial charge >= 0.3 is 5.97 Å². The van der Waals surface area contributed by atoms with Crippen LogP contribution in [0.1, 0.15) is 34.6 Å². The fraction of sp³-hybridized carbons (Fsp3) is 0.440. The van der Waals surface area contributed by atoms with E-state index in [4.69, 9.17) is 0 Å². The first-order chi connectivity index (χ1) is 16.6. The van der Waals surface area contributed by atoms with Crippen LogP contribution < -0.4 is 4.90 Å². The molecule has 0 saturated carbocycles. The van der Waals surface area contributed by atoms with Crippen molar-refractivity contribution in [2.24, 2.45) is 0 Å². The molecule has 2 atom stereocenters. The molecule has 7 nitrogen and oxygen atoms in total. The molecule has 35 heavy (non-hydrogen) atoms. The summed E-state index contributed by atoms with van der Waals surface area (Å²) in [5.41, 5.74) is 4.13. The number of piperazine rings is 1. The topological polar surface area (TPSA) is 64.3 Å². The lowest BCUT2D eigenvalue weighted by Crippen LogP contribution is -2.51. The Balaban J connectivity index is 1.78. The summed E-state index contributed by atoms with van der Waals surface area (Å²) in [7, 11) is 3.81. The Hall–Kier alpha value is -3.11. The third kappa shape index (κ3) is 4.60. The minimum atomic E-state index is -3.04. The number of rotatable bonds is 7. The maximum Gasteiger partial charge on any atom is 0.336 e. The van der Waals surface area contributed by atoms with Gasteiger partial charge in [0.2, 0.25) is 6.30 Å². The molecule has 188 valence electrons. The Morgan fingerprint density at radius 3 is 2.34 bits per heavy atom. The van der Waals surface area contributed by atoms with Crippen LogP contribution in [0.2, 0.25) is 0 Å². The summed E-state index contributed by atoms with van der Waals surface area (Å²) in [5, 5.41) is 9.97. The SMILES string of the molecule is Cc1c(C(=O)O)cc2c(-c3cccnc3N(C)C)ccn2c1C(C)N1CCN(C(F)C(F)F)CC1. The Bertz CT molecular complexity index is 1220. The smallest absolute Gasteiger partial charge is 0.336 e. The number of pyridine rings is 2. The maximum atomic E-state index is 13.8. The number of carbonyl (C=O) groups is 1. The van der Waals surface area contributed by atoms with Crippen molar-refractivity contribution in [3.05, 3.63) is 53.5 Å². The van der Waals surface area contributed by atoms with E-state index in [1.807, 2.05) is 54.7 Å². The van der Waals surface area contributed by atoms with E-state index in [2.05, 4.69) is 9.88 Å². The van der Waals surface area contributed by atoms with E-state index in [1.54, 1.807) is 19.2 Å². The summed E-state index contributed by atoms with van der Waals surface area (Å²) >= 11 is 0. The first-order valence-electron chi connectivity index (χ1n) is 11.5. The van der Waals surface area contributed by atoms with Crippen molar-refractivity contribution in [2.75, 3.05) is 45.2 Å². The van der Waals surface area contributed by atoms with Crippen molar-refractivity contribution in [3.63, 3.8) is 0 Å². The average molecular weight is 490 g/mol. The molecule has 1 aliphatic heterocycles. The van der Waals surface area contributed by atoms with Crippen molar-refractivity contribution in [1.82, 2.24) is 19.2 Å². The predicted molar refractivity (Wildman–Crippen MR) is 129 cm³/mol. The molecular weight excluding hydrogens is 459 g/mol. The number of aromatic carboxylic acids is 1. The summed E-state index contributed by atoms with van der Waals surface area (Å²) in [4.78, 5) is 21.8.